The van der Waals surface area contributed by atoms with Crippen LogP contribution in [0.5, 0.6) is 0 Å². The maximum atomic E-state index is 10.8. The van der Waals surface area contributed by atoms with Gasteiger partial charge in [-0.2, -0.15) is 0 Å². The monoisotopic (exact) mass is 414 g/mol. The van der Waals surface area contributed by atoms with Crippen molar-refractivity contribution in [1.29, 1.82) is 0 Å². The predicted molar refractivity (Wildman–Crippen MR) is 113 cm³/mol. The van der Waals surface area contributed by atoms with E-state index in [9.17, 15) is 10.1 Å². The molecular weight excluding hydrogens is 396 g/mol. The lowest BCUT2D eigenvalue weighted by Gasteiger charge is -2.35. The van der Waals surface area contributed by atoms with Crippen molar-refractivity contribution in [2.24, 2.45) is 0 Å². The van der Waals surface area contributed by atoms with Gasteiger partial charge in [0.1, 0.15) is 5.01 Å². The summed E-state index contributed by atoms with van der Waals surface area (Å²) in [5.41, 5.74) is 3.19. The van der Waals surface area contributed by atoms with Gasteiger partial charge in [-0.05, 0) is 18.2 Å². The highest BCUT2D eigenvalue weighted by molar-refractivity contribution is 7.13. The smallest absolute Gasteiger partial charge is 0.269 e. The van der Waals surface area contributed by atoms with Gasteiger partial charge in [0.05, 0.1) is 15.6 Å². The van der Waals surface area contributed by atoms with Crippen LogP contribution < -0.4 is 4.90 Å². The molecule has 28 heavy (non-hydrogen) atoms. The molecular formula is C20H19ClN4O2S. The Kier molecular flexibility index (Phi) is 5.57. The van der Waals surface area contributed by atoms with E-state index >= 15 is 0 Å². The van der Waals surface area contributed by atoms with E-state index < -0.39 is 0 Å². The van der Waals surface area contributed by atoms with Gasteiger partial charge in [0.2, 0.25) is 0 Å². The van der Waals surface area contributed by atoms with Gasteiger partial charge >= 0.3 is 0 Å². The van der Waals surface area contributed by atoms with Crippen molar-refractivity contribution >= 4 is 34.3 Å². The summed E-state index contributed by atoms with van der Waals surface area (Å²) < 4.78 is 0. The van der Waals surface area contributed by atoms with Crippen LogP contribution in [0, 0.1) is 10.1 Å². The molecule has 4 rings (SSSR count). The number of anilines is 1. The Morgan fingerprint density at radius 3 is 2.46 bits per heavy atom. The number of piperazine rings is 1. The maximum Gasteiger partial charge on any atom is 0.269 e. The number of benzene rings is 2. The fourth-order valence-corrected chi connectivity index (χ4v) is 4.45. The number of aromatic nitrogens is 1. The second-order valence-electron chi connectivity index (χ2n) is 6.66. The lowest BCUT2D eigenvalue weighted by Crippen LogP contribution is -2.46. The quantitative estimate of drug-likeness (QED) is 0.447. The molecule has 0 radical (unpaired) electrons. The minimum Gasteiger partial charge on any atom is -0.369 e. The van der Waals surface area contributed by atoms with E-state index in [0.717, 1.165) is 59.7 Å². The maximum absolute atomic E-state index is 10.8. The zero-order valence-corrected chi connectivity index (χ0v) is 16.7. The number of hydrogen-bond acceptors (Lipinski definition) is 6. The topological polar surface area (TPSA) is 62.5 Å². The van der Waals surface area contributed by atoms with E-state index in [1.807, 2.05) is 36.4 Å². The molecule has 0 aliphatic carbocycles. The van der Waals surface area contributed by atoms with Gasteiger partial charge in [-0.3, -0.25) is 15.0 Å². The van der Waals surface area contributed by atoms with Gasteiger partial charge < -0.3 is 4.90 Å². The summed E-state index contributed by atoms with van der Waals surface area (Å²) in [4.78, 5) is 19.8. The summed E-state index contributed by atoms with van der Waals surface area (Å²) in [7, 11) is 0. The molecule has 2 heterocycles. The highest BCUT2D eigenvalue weighted by atomic mass is 35.5. The third-order valence-electron chi connectivity index (χ3n) is 4.84. The molecule has 8 heteroatoms. The summed E-state index contributed by atoms with van der Waals surface area (Å²) in [6.45, 7) is 4.44. The summed E-state index contributed by atoms with van der Waals surface area (Å²) in [6.07, 6.45) is 0. The van der Waals surface area contributed by atoms with Crippen molar-refractivity contribution in [1.82, 2.24) is 9.88 Å². The molecule has 0 unspecified atom stereocenters. The Hall–Kier alpha value is -2.48. The molecule has 3 aromatic rings. The van der Waals surface area contributed by atoms with Crippen LogP contribution in [-0.4, -0.2) is 41.0 Å². The van der Waals surface area contributed by atoms with Crippen molar-refractivity contribution in [2.45, 2.75) is 6.54 Å². The lowest BCUT2D eigenvalue weighted by atomic mass is 10.2. The van der Waals surface area contributed by atoms with Crippen LogP contribution in [0.15, 0.2) is 53.9 Å². The number of hydrogen-bond donors (Lipinski definition) is 0. The van der Waals surface area contributed by atoms with E-state index in [1.165, 1.54) is 0 Å². The normalized spacial score (nSPS) is 15.0. The van der Waals surface area contributed by atoms with Crippen molar-refractivity contribution in [3.05, 3.63) is 74.7 Å². The summed E-state index contributed by atoms with van der Waals surface area (Å²) in [5, 5.41) is 14.6. The highest BCUT2D eigenvalue weighted by Gasteiger charge is 2.19. The van der Waals surface area contributed by atoms with Crippen LogP contribution in [0.1, 0.15) is 5.69 Å². The van der Waals surface area contributed by atoms with Crippen LogP contribution in [0.4, 0.5) is 11.4 Å². The molecule has 0 atom stereocenters. The van der Waals surface area contributed by atoms with E-state index in [4.69, 9.17) is 16.6 Å². The van der Waals surface area contributed by atoms with Crippen LogP contribution in [0.25, 0.3) is 10.6 Å². The first-order chi connectivity index (χ1) is 13.6. The van der Waals surface area contributed by atoms with Crippen LogP contribution in [-0.2, 0) is 6.54 Å². The predicted octanol–water partition coefficient (Wildman–Crippen LogP) is 4.69. The second kappa shape index (κ2) is 8.26. The van der Waals surface area contributed by atoms with Crippen LogP contribution in [0.2, 0.25) is 5.02 Å². The zero-order chi connectivity index (χ0) is 19.5. The van der Waals surface area contributed by atoms with E-state index in [-0.39, 0.29) is 10.6 Å². The molecule has 0 spiro atoms. The number of nitro groups is 1. The molecule has 6 nitrogen and oxygen atoms in total. The van der Waals surface area contributed by atoms with Gasteiger partial charge in [0, 0.05) is 61.5 Å². The third kappa shape index (κ3) is 4.16. The molecule has 1 aliphatic rings. The Balaban J connectivity index is 1.35. The average Bonchev–Trinajstić information content (AvgIpc) is 3.17. The van der Waals surface area contributed by atoms with Gasteiger partial charge in [0.15, 0.2) is 0 Å². The molecule has 0 N–H and O–H groups in total. The number of nitro benzene ring substituents is 1. The van der Waals surface area contributed by atoms with Gasteiger partial charge in [-0.1, -0.05) is 29.8 Å². The molecule has 1 aromatic heterocycles. The minimum atomic E-state index is -0.369. The molecule has 1 aliphatic heterocycles. The number of non-ortho nitro benzene ring substituents is 1. The standard InChI is InChI=1S/C20H19ClN4O2S/c21-19-4-2-1-3-18(19)20-22-15(14-28-20)13-23-9-11-24(12-10-23)16-5-7-17(8-6-16)25(26)27/h1-8,14H,9-13H2. The molecule has 1 fully saturated rings. The van der Waals surface area contributed by atoms with Crippen molar-refractivity contribution in [2.75, 3.05) is 31.1 Å². The Labute approximate surface area is 172 Å². The SMILES string of the molecule is O=[N+]([O-])c1ccc(N2CCN(Cc3csc(-c4ccccc4Cl)n3)CC2)cc1. The highest BCUT2D eigenvalue weighted by Crippen LogP contribution is 2.30. The van der Waals surface area contributed by atoms with Crippen molar-refractivity contribution in [3.63, 3.8) is 0 Å². The number of rotatable bonds is 5. The second-order valence-corrected chi connectivity index (χ2v) is 7.93. The van der Waals surface area contributed by atoms with Gasteiger partial charge in [-0.15, -0.1) is 11.3 Å². The summed E-state index contributed by atoms with van der Waals surface area (Å²) in [6, 6.07) is 14.5. The fraction of sp³-hybridized carbons (Fsp3) is 0.250. The number of halogens is 1. The van der Waals surface area contributed by atoms with Gasteiger partial charge in [0.25, 0.3) is 5.69 Å². The van der Waals surface area contributed by atoms with Crippen LogP contribution in [0.3, 0.4) is 0 Å². The van der Waals surface area contributed by atoms with Gasteiger partial charge in [-0.25, -0.2) is 4.98 Å². The molecule has 1 saturated heterocycles. The Morgan fingerprint density at radius 2 is 1.79 bits per heavy atom. The third-order valence-corrected chi connectivity index (χ3v) is 6.09. The van der Waals surface area contributed by atoms with E-state index in [1.54, 1.807) is 23.5 Å². The Morgan fingerprint density at radius 1 is 1.07 bits per heavy atom. The lowest BCUT2D eigenvalue weighted by molar-refractivity contribution is -0.384. The summed E-state index contributed by atoms with van der Waals surface area (Å²) >= 11 is 7.89. The number of thiazole rings is 1. The minimum absolute atomic E-state index is 0.125. The fourth-order valence-electron chi connectivity index (χ4n) is 3.32. The summed E-state index contributed by atoms with van der Waals surface area (Å²) in [5.74, 6) is 0. The Bertz CT molecular complexity index is 968. The first kappa shape index (κ1) is 18.9. The molecule has 144 valence electrons. The first-order valence-corrected chi connectivity index (χ1v) is 10.3. The van der Waals surface area contributed by atoms with Crippen molar-refractivity contribution in [3.8, 4) is 10.6 Å². The van der Waals surface area contributed by atoms with E-state index in [2.05, 4.69) is 15.2 Å². The average molecular weight is 415 g/mol. The van der Waals surface area contributed by atoms with Crippen LogP contribution >= 0.6 is 22.9 Å². The molecule has 2 aromatic carbocycles. The first-order valence-electron chi connectivity index (χ1n) is 9.01. The molecule has 0 saturated carbocycles. The zero-order valence-electron chi connectivity index (χ0n) is 15.1. The molecule has 0 bridgehead atoms. The van der Waals surface area contributed by atoms with E-state index in [0.29, 0.717) is 0 Å². The largest absolute Gasteiger partial charge is 0.369 e. The molecule has 0 amide bonds. The van der Waals surface area contributed by atoms with Crippen molar-refractivity contribution < 1.29 is 4.92 Å². The number of nitrogens with zero attached hydrogens (tertiary/aromatic N) is 4.